The predicted octanol–water partition coefficient (Wildman–Crippen LogP) is 3.91. The van der Waals surface area contributed by atoms with Crippen molar-refractivity contribution < 1.29 is 13.9 Å². The molecule has 2 aromatic carbocycles. The van der Waals surface area contributed by atoms with E-state index in [0.29, 0.717) is 22.6 Å². The lowest BCUT2D eigenvalue weighted by atomic mass is 10.0. The predicted molar refractivity (Wildman–Crippen MR) is 79.4 cm³/mol. The fourth-order valence-corrected chi connectivity index (χ4v) is 1.92. The average Bonchev–Trinajstić information content (AvgIpc) is 2.53. The van der Waals surface area contributed by atoms with E-state index in [4.69, 9.17) is 9.47 Å². The number of nitrogens with zero attached hydrogens (tertiary/aromatic N) is 1. The zero-order valence-corrected chi connectivity index (χ0v) is 11.8. The summed E-state index contributed by atoms with van der Waals surface area (Å²) in [5, 5.41) is 9.27. The van der Waals surface area contributed by atoms with Gasteiger partial charge in [-0.25, -0.2) is 4.39 Å². The molecule has 2 aromatic rings. The molecule has 0 bridgehead atoms. The van der Waals surface area contributed by atoms with Gasteiger partial charge >= 0.3 is 0 Å². The zero-order valence-electron chi connectivity index (χ0n) is 11.8. The number of nitriles is 1. The second kappa shape index (κ2) is 6.58. The molecule has 0 aliphatic carbocycles. The van der Waals surface area contributed by atoms with Gasteiger partial charge in [-0.15, -0.1) is 0 Å². The van der Waals surface area contributed by atoms with E-state index in [1.165, 1.54) is 12.1 Å². The third-order valence-electron chi connectivity index (χ3n) is 2.99. The van der Waals surface area contributed by atoms with Gasteiger partial charge in [-0.1, -0.05) is 18.2 Å². The number of methoxy groups -OCH3 is 2. The van der Waals surface area contributed by atoms with Crippen LogP contribution in [0.5, 0.6) is 11.5 Å². The number of allylic oxidation sites excluding steroid dienone is 1. The van der Waals surface area contributed by atoms with Crippen LogP contribution in [-0.4, -0.2) is 14.2 Å². The molecule has 0 atom stereocenters. The highest BCUT2D eigenvalue weighted by Gasteiger charge is 2.05. The molecule has 0 amide bonds. The first-order chi connectivity index (χ1) is 10.2. The highest BCUT2D eigenvalue weighted by molar-refractivity contribution is 5.89. The van der Waals surface area contributed by atoms with E-state index in [0.717, 1.165) is 5.56 Å². The molecular weight excluding hydrogens is 269 g/mol. The molecule has 0 fully saturated rings. The maximum absolute atomic E-state index is 12.9. The summed E-state index contributed by atoms with van der Waals surface area (Å²) in [5.74, 6) is 0.875. The first-order valence-electron chi connectivity index (χ1n) is 6.27. The van der Waals surface area contributed by atoms with Crippen LogP contribution in [0.3, 0.4) is 0 Å². The summed E-state index contributed by atoms with van der Waals surface area (Å²) >= 11 is 0. The fraction of sp³-hybridized carbons (Fsp3) is 0.118. The Morgan fingerprint density at radius 2 is 1.71 bits per heavy atom. The normalized spacial score (nSPS) is 10.9. The Labute approximate surface area is 122 Å². The van der Waals surface area contributed by atoms with Gasteiger partial charge in [-0.3, -0.25) is 0 Å². The quantitative estimate of drug-likeness (QED) is 0.631. The molecular formula is C17H14FNO2. The standard InChI is InChI=1S/C17H14FNO2/c1-20-16-8-3-12(10-17(16)21-2)9-14(11-19)13-4-6-15(18)7-5-13/h3-10H,1-2H3. The maximum Gasteiger partial charge on any atom is 0.161 e. The van der Waals surface area contributed by atoms with Crippen LogP contribution in [-0.2, 0) is 0 Å². The Hall–Kier alpha value is -2.80. The molecule has 0 aliphatic rings. The van der Waals surface area contributed by atoms with Crippen molar-refractivity contribution in [3.8, 4) is 17.6 Å². The number of ether oxygens (including phenoxy) is 2. The van der Waals surface area contributed by atoms with Crippen molar-refractivity contribution in [1.82, 2.24) is 0 Å². The summed E-state index contributed by atoms with van der Waals surface area (Å²) in [4.78, 5) is 0. The number of halogens is 1. The van der Waals surface area contributed by atoms with E-state index in [1.807, 2.05) is 6.07 Å². The van der Waals surface area contributed by atoms with Gasteiger partial charge in [0.15, 0.2) is 11.5 Å². The second-order valence-corrected chi connectivity index (χ2v) is 4.29. The highest BCUT2D eigenvalue weighted by atomic mass is 19.1. The molecule has 0 aliphatic heterocycles. The highest BCUT2D eigenvalue weighted by Crippen LogP contribution is 2.29. The smallest absolute Gasteiger partial charge is 0.161 e. The van der Waals surface area contributed by atoms with Crippen LogP contribution in [0.15, 0.2) is 42.5 Å². The number of benzene rings is 2. The zero-order chi connectivity index (χ0) is 15.2. The van der Waals surface area contributed by atoms with Crippen molar-refractivity contribution in [1.29, 1.82) is 5.26 Å². The van der Waals surface area contributed by atoms with Crippen LogP contribution in [0, 0.1) is 17.1 Å². The summed E-state index contributed by atoms with van der Waals surface area (Å²) in [6.45, 7) is 0. The molecule has 0 radical (unpaired) electrons. The third-order valence-corrected chi connectivity index (χ3v) is 2.99. The summed E-state index contributed by atoms with van der Waals surface area (Å²) in [5.41, 5.74) is 1.91. The molecule has 0 spiro atoms. The van der Waals surface area contributed by atoms with Gasteiger partial charge < -0.3 is 9.47 Å². The van der Waals surface area contributed by atoms with Crippen LogP contribution in [0.2, 0.25) is 0 Å². The minimum Gasteiger partial charge on any atom is -0.493 e. The molecule has 21 heavy (non-hydrogen) atoms. The first kappa shape index (κ1) is 14.6. The van der Waals surface area contributed by atoms with Gasteiger partial charge in [-0.05, 0) is 41.5 Å². The molecule has 3 nitrogen and oxygen atoms in total. The second-order valence-electron chi connectivity index (χ2n) is 4.29. The van der Waals surface area contributed by atoms with Crippen molar-refractivity contribution in [2.45, 2.75) is 0 Å². The van der Waals surface area contributed by atoms with Crippen LogP contribution in [0.1, 0.15) is 11.1 Å². The SMILES string of the molecule is COc1ccc(C=C(C#N)c2ccc(F)cc2)cc1OC. The first-order valence-corrected chi connectivity index (χ1v) is 6.27. The summed E-state index contributed by atoms with van der Waals surface area (Å²) in [6, 6.07) is 13.3. The summed E-state index contributed by atoms with van der Waals surface area (Å²) < 4.78 is 23.3. The van der Waals surface area contributed by atoms with Crippen molar-refractivity contribution in [3.63, 3.8) is 0 Å². The number of hydrogen-bond donors (Lipinski definition) is 0. The van der Waals surface area contributed by atoms with Crippen LogP contribution in [0.4, 0.5) is 4.39 Å². The lowest BCUT2D eigenvalue weighted by molar-refractivity contribution is 0.355. The Bertz CT molecular complexity index is 700. The molecule has 0 aromatic heterocycles. The van der Waals surface area contributed by atoms with Crippen molar-refractivity contribution in [3.05, 3.63) is 59.4 Å². The number of hydrogen-bond acceptors (Lipinski definition) is 3. The van der Waals surface area contributed by atoms with E-state index in [9.17, 15) is 9.65 Å². The topological polar surface area (TPSA) is 42.2 Å². The molecule has 2 rings (SSSR count). The molecule has 4 heteroatoms. The molecule has 0 saturated carbocycles. The van der Waals surface area contributed by atoms with E-state index in [2.05, 4.69) is 6.07 Å². The fourth-order valence-electron chi connectivity index (χ4n) is 1.92. The number of rotatable bonds is 4. The molecule has 106 valence electrons. The molecule has 0 N–H and O–H groups in total. The van der Waals surface area contributed by atoms with Gasteiger partial charge in [-0.2, -0.15) is 5.26 Å². The van der Waals surface area contributed by atoms with Crippen LogP contribution >= 0.6 is 0 Å². The lowest BCUT2D eigenvalue weighted by Crippen LogP contribution is -1.91. The van der Waals surface area contributed by atoms with E-state index < -0.39 is 0 Å². The van der Waals surface area contributed by atoms with Gasteiger partial charge in [0.25, 0.3) is 0 Å². The van der Waals surface area contributed by atoms with Crippen molar-refractivity contribution in [2.24, 2.45) is 0 Å². The monoisotopic (exact) mass is 283 g/mol. The Balaban J connectivity index is 2.41. The Morgan fingerprint density at radius 3 is 2.29 bits per heavy atom. The molecule has 0 saturated heterocycles. The van der Waals surface area contributed by atoms with Gasteiger partial charge in [0, 0.05) is 0 Å². The van der Waals surface area contributed by atoms with E-state index in [-0.39, 0.29) is 5.82 Å². The molecule has 0 unspecified atom stereocenters. The Morgan fingerprint density at radius 1 is 1.05 bits per heavy atom. The maximum atomic E-state index is 12.9. The average molecular weight is 283 g/mol. The van der Waals surface area contributed by atoms with Crippen molar-refractivity contribution >= 4 is 11.6 Å². The third kappa shape index (κ3) is 3.40. The Kier molecular flexibility index (Phi) is 4.57. The van der Waals surface area contributed by atoms with E-state index >= 15 is 0 Å². The van der Waals surface area contributed by atoms with Gasteiger partial charge in [0.2, 0.25) is 0 Å². The van der Waals surface area contributed by atoms with E-state index in [1.54, 1.807) is 44.6 Å². The van der Waals surface area contributed by atoms with Gasteiger partial charge in [0.05, 0.1) is 25.9 Å². The summed E-state index contributed by atoms with van der Waals surface area (Å²) in [7, 11) is 3.11. The molecule has 0 heterocycles. The van der Waals surface area contributed by atoms with Gasteiger partial charge in [0.1, 0.15) is 5.82 Å². The largest absolute Gasteiger partial charge is 0.493 e. The lowest BCUT2D eigenvalue weighted by Gasteiger charge is -2.08. The van der Waals surface area contributed by atoms with Crippen molar-refractivity contribution in [2.75, 3.05) is 14.2 Å². The minimum atomic E-state index is -0.331. The van der Waals surface area contributed by atoms with Crippen LogP contribution < -0.4 is 9.47 Å². The minimum absolute atomic E-state index is 0.331. The summed E-state index contributed by atoms with van der Waals surface area (Å²) in [6.07, 6.45) is 1.72. The van der Waals surface area contributed by atoms with Crippen LogP contribution in [0.25, 0.3) is 11.6 Å².